The van der Waals surface area contributed by atoms with Gasteiger partial charge in [0.15, 0.2) is 16.9 Å². The Morgan fingerprint density at radius 3 is 2.71 bits per heavy atom. The second-order valence-electron chi connectivity index (χ2n) is 5.53. The molecule has 0 saturated carbocycles. The quantitative estimate of drug-likeness (QED) is 0.471. The summed E-state index contributed by atoms with van der Waals surface area (Å²) in [5, 5.41) is 6.03. The number of anilines is 1. The molecule has 0 fully saturated rings. The van der Waals surface area contributed by atoms with Crippen molar-refractivity contribution in [1.29, 1.82) is 0 Å². The normalized spacial score (nSPS) is 10.3. The molecule has 0 atom stereocenters. The van der Waals surface area contributed by atoms with Crippen molar-refractivity contribution in [2.45, 2.75) is 6.92 Å². The Bertz CT molecular complexity index is 1000. The number of nitrogens with zero attached hydrogens (tertiary/aromatic N) is 1. The maximum Gasteiger partial charge on any atom is 0.338 e. The zero-order valence-electron chi connectivity index (χ0n) is 14.9. The van der Waals surface area contributed by atoms with Crippen molar-refractivity contribution < 1.29 is 19.1 Å². The zero-order chi connectivity index (χ0) is 19.9. The Hall–Kier alpha value is -3.04. The van der Waals surface area contributed by atoms with Crippen LogP contribution in [-0.4, -0.2) is 35.2 Å². The molecule has 0 aliphatic heterocycles. The number of fused-ring (bicyclic) bond motifs is 1. The topological polar surface area (TPSA) is 89.5 Å². The van der Waals surface area contributed by atoms with E-state index in [2.05, 4.69) is 15.6 Å². The van der Waals surface area contributed by atoms with Gasteiger partial charge in [-0.1, -0.05) is 29.5 Å². The fraction of sp³-hybridized carbons (Fsp3) is 0.158. The van der Waals surface area contributed by atoms with Gasteiger partial charge in [-0.2, -0.15) is 0 Å². The number of thiocarbonyl (C=S) groups is 1. The van der Waals surface area contributed by atoms with Gasteiger partial charge in [-0.05, 0) is 49.5 Å². The monoisotopic (exact) mass is 415 g/mol. The highest BCUT2D eigenvalue weighted by atomic mass is 32.1. The molecule has 28 heavy (non-hydrogen) atoms. The number of ether oxygens (including phenoxy) is 2. The summed E-state index contributed by atoms with van der Waals surface area (Å²) in [4.78, 5) is 28.1. The Morgan fingerprint density at radius 1 is 1.18 bits per heavy atom. The van der Waals surface area contributed by atoms with E-state index in [0.29, 0.717) is 28.6 Å². The highest BCUT2D eigenvalue weighted by molar-refractivity contribution is 7.80. The predicted octanol–water partition coefficient (Wildman–Crippen LogP) is 3.37. The highest BCUT2D eigenvalue weighted by Gasteiger charge is 2.12. The van der Waals surface area contributed by atoms with Crippen LogP contribution in [0, 0.1) is 0 Å². The van der Waals surface area contributed by atoms with Gasteiger partial charge in [0.25, 0.3) is 5.91 Å². The van der Waals surface area contributed by atoms with E-state index in [1.54, 1.807) is 37.3 Å². The van der Waals surface area contributed by atoms with Crippen LogP contribution in [-0.2, 0) is 9.53 Å². The van der Waals surface area contributed by atoms with Gasteiger partial charge in [-0.25, -0.2) is 9.78 Å². The number of hydrogen-bond acceptors (Lipinski definition) is 7. The molecule has 7 nitrogen and oxygen atoms in total. The second kappa shape index (κ2) is 9.25. The number of nitrogens with one attached hydrogen (secondary N) is 2. The molecule has 1 amide bonds. The van der Waals surface area contributed by atoms with Crippen molar-refractivity contribution in [2.24, 2.45) is 0 Å². The van der Waals surface area contributed by atoms with Crippen LogP contribution in [0.15, 0.2) is 48.5 Å². The van der Waals surface area contributed by atoms with E-state index in [4.69, 9.17) is 21.7 Å². The van der Waals surface area contributed by atoms with Gasteiger partial charge in [0.2, 0.25) is 0 Å². The average Bonchev–Trinajstić information content (AvgIpc) is 3.08. The predicted molar refractivity (Wildman–Crippen MR) is 112 cm³/mol. The number of para-hydroxylation sites is 1. The van der Waals surface area contributed by atoms with Crippen LogP contribution in [0.25, 0.3) is 10.2 Å². The van der Waals surface area contributed by atoms with Gasteiger partial charge in [0.1, 0.15) is 5.75 Å². The third kappa shape index (κ3) is 5.24. The summed E-state index contributed by atoms with van der Waals surface area (Å²) < 4.78 is 11.2. The summed E-state index contributed by atoms with van der Waals surface area (Å²) in [5.74, 6) is -0.166. The fourth-order valence-electron chi connectivity index (χ4n) is 2.28. The van der Waals surface area contributed by atoms with Crippen molar-refractivity contribution in [3.8, 4) is 5.75 Å². The van der Waals surface area contributed by atoms with E-state index >= 15 is 0 Å². The third-order valence-corrected chi connectivity index (χ3v) is 4.62. The van der Waals surface area contributed by atoms with Gasteiger partial charge in [-0.15, -0.1) is 0 Å². The first-order chi connectivity index (χ1) is 13.5. The molecule has 3 aromatic rings. The number of hydrogen-bond donors (Lipinski definition) is 2. The van der Waals surface area contributed by atoms with Crippen LogP contribution in [0.5, 0.6) is 5.75 Å². The largest absolute Gasteiger partial charge is 0.484 e. The molecule has 0 aliphatic carbocycles. The summed E-state index contributed by atoms with van der Waals surface area (Å²) in [5.41, 5.74) is 1.17. The van der Waals surface area contributed by atoms with Gasteiger partial charge in [0.05, 0.1) is 22.4 Å². The maximum absolute atomic E-state index is 11.9. The van der Waals surface area contributed by atoms with E-state index in [0.717, 1.165) is 4.70 Å². The molecule has 0 bridgehead atoms. The van der Waals surface area contributed by atoms with Crippen molar-refractivity contribution in [1.82, 2.24) is 10.3 Å². The minimum Gasteiger partial charge on any atom is -0.484 e. The average molecular weight is 415 g/mol. The Balaban J connectivity index is 1.56. The molecular weight excluding hydrogens is 398 g/mol. The molecule has 9 heteroatoms. The molecule has 144 valence electrons. The van der Waals surface area contributed by atoms with Crippen molar-refractivity contribution in [2.75, 3.05) is 18.5 Å². The lowest BCUT2D eigenvalue weighted by Gasteiger charge is -2.08. The molecule has 3 rings (SSSR count). The summed E-state index contributed by atoms with van der Waals surface area (Å²) in [7, 11) is 0. The molecule has 0 saturated heterocycles. The van der Waals surface area contributed by atoms with Crippen LogP contribution in [0.2, 0.25) is 0 Å². The van der Waals surface area contributed by atoms with Gasteiger partial charge < -0.3 is 14.8 Å². The molecule has 0 spiro atoms. The minimum atomic E-state index is -0.382. The molecule has 2 N–H and O–H groups in total. The molecule has 1 aromatic heterocycles. The van der Waals surface area contributed by atoms with E-state index < -0.39 is 0 Å². The number of carbonyl (C=O) groups excluding carboxylic acids is 2. The van der Waals surface area contributed by atoms with E-state index in [9.17, 15) is 9.59 Å². The maximum atomic E-state index is 11.9. The number of amides is 1. The Labute approximate surface area is 170 Å². The Morgan fingerprint density at radius 2 is 1.96 bits per heavy atom. The van der Waals surface area contributed by atoms with E-state index in [1.165, 1.54) is 11.3 Å². The summed E-state index contributed by atoms with van der Waals surface area (Å²) in [6.07, 6.45) is 0. The first-order valence-corrected chi connectivity index (χ1v) is 9.64. The number of rotatable bonds is 6. The summed E-state index contributed by atoms with van der Waals surface area (Å²) in [6.45, 7) is 1.91. The minimum absolute atomic E-state index is 0.117. The lowest BCUT2D eigenvalue weighted by atomic mass is 10.2. The van der Waals surface area contributed by atoms with Gasteiger partial charge >= 0.3 is 5.97 Å². The lowest BCUT2D eigenvalue weighted by molar-refractivity contribution is -0.121. The van der Waals surface area contributed by atoms with Crippen LogP contribution in [0.4, 0.5) is 5.13 Å². The standard InChI is InChI=1S/C19H17N3O4S2/c1-2-25-17(24)12-8-9-14-15(10-12)28-19(20-14)22-18(27)21-16(23)11-26-13-6-4-3-5-7-13/h3-10H,2,11H2,1H3,(H2,20,21,22,23,27). The Kier molecular flexibility index (Phi) is 6.51. The number of thiazole rings is 1. The molecule has 2 aromatic carbocycles. The smallest absolute Gasteiger partial charge is 0.338 e. The zero-order valence-corrected chi connectivity index (χ0v) is 16.6. The van der Waals surface area contributed by atoms with Crippen molar-refractivity contribution >= 4 is 55.9 Å². The van der Waals surface area contributed by atoms with Crippen LogP contribution >= 0.6 is 23.6 Å². The van der Waals surface area contributed by atoms with E-state index in [1.807, 2.05) is 18.2 Å². The molecule has 1 heterocycles. The second-order valence-corrected chi connectivity index (χ2v) is 6.96. The molecule has 0 radical (unpaired) electrons. The SMILES string of the molecule is CCOC(=O)c1ccc2nc(NC(=S)NC(=O)COc3ccccc3)sc2c1. The number of benzene rings is 2. The van der Waals surface area contributed by atoms with Crippen molar-refractivity contribution in [3.63, 3.8) is 0 Å². The molecular formula is C19H17N3O4S2. The van der Waals surface area contributed by atoms with Gasteiger partial charge in [0, 0.05) is 0 Å². The van der Waals surface area contributed by atoms with Crippen LogP contribution in [0.3, 0.4) is 0 Å². The molecule has 0 unspecified atom stereocenters. The van der Waals surface area contributed by atoms with Crippen molar-refractivity contribution in [3.05, 3.63) is 54.1 Å². The molecule has 0 aliphatic rings. The summed E-state index contributed by atoms with van der Waals surface area (Å²) in [6, 6.07) is 14.1. The fourth-order valence-corrected chi connectivity index (χ4v) is 3.46. The number of carbonyl (C=O) groups is 2. The summed E-state index contributed by atoms with van der Waals surface area (Å²) >= 11 is 6.46. The van der Waals surface area contributed by atoms with Crippen LogP contribution in [0.1, 0.15) is 17.3 Å². The number of esters is 1. The third-order valence-electron chi connectivity index (χ3n) is 3.49. The lowest BCUT2D eigenvalue weighted by Crippen LogP contribution is -2.37. The first kappa shape index (κ1) is 19.7. The van der Waals surface area contributed by atoms with Gasteiger partial charge in [-0.3, -0.25) is 10.1 Å². The highest BCUT2D eigenvalue weighted by Crippen LogP contribution is 2.27. The van der Waals surface area contributed by atoms with E-state index in [-0.39, 0.29) is 23.6 Å². The van der Waals surface area contributed by atoms with Crippen LogP contribution < -0.4 is 15.4 Å². The first-order valence-electron chi connectivity index (χ1n) is 8.41. The number of aromatic nitrogens is 1.